The molecule has 1 aliphatic heterocycles. The molecule has 0 N–H and O–H groups in total. The average molecular weight is 478 g/mol. The Morgan fingerprint density at radius 3 is 2.26 bits per heavy atom. The average Bonchev–Trinajstić information content (AvgIpc) is 3.28. The van der Waals surface area contributed by atoms with Crippen molar-refractivity contribution in [3.05, 3.63) is 88.1 Å². The highest BCUT2D eigenvalue weighted by molar-refractivity contribution is 7.08. The van der Waals surface area contributed by atoms with Crippen LogP contribution in [0.3, 0.4) is 0 Å². The summed E-state index contributed by atoms with van der Waals surface area (Å²) in [6.07, 6.45) is 2.06. The van der Waals surface area contributed by atoms with Gasteiger partial charge < -0.3 is 9.64 Å². The molecular formula is C27H19N3O2SSi. The van der Waals surface area contributed by atoms with Gasteiger partial charge in [0, 0.05) is 23.1 Å². The maximum atomic E-state index is 12.4. The van der Waals surface area contributed by atoms with Crippen LogP contribution in [-0.2, 0) is 9.53 Å². The Bertz CT molecular complexity index is 1490. The number of esters is 1. The Morgan fingerprint density at radius 2 is 1.65 bits per heavy atom. The Hall–Kier alpha value is -3.99. The number of fused-ring (bicyclic) bond motifs is 2. The van der Waals surface area contributed by atoms with Crippen LogP contribution in [0.15, 0.2) is 78.9 Å². The van der Waals surface area contributed by atoms with Crippen molar-refractivity contribution in [2.45, 2.75) is 6.92 Å². The van der Waals surface area contributed by atoms with E-state index in [0.29, 0.717) is 14.2 Å². The molecule has 2 radical (unpaired) electrons. The summed E-state index contributed by atoms with van der Waals surface area (Å²) in [6.45, 7) is 1.91. The summed E-state index contributed by atoms with van der Waals surface area (Å²) >= 11 is 1.32. The monoisotopic (exact) mass is 477 g/mol. The number of nitriles is 1. The Kier molecular flexibility index (Phi) is 6.08. The summed E-state index contributed by atoms with van der Waals surface area (Å²) in [6, 6.07) is 28.5. The Balaban J connectivity index is 1.78. The van der Waals surface area contributed by atoms with Gasteiger partial charge in [0.15, 0.2) is 5.57 Å². The van der Waals surface area contributed by atoms with Crippen molar-refractivity contribution in [2.24, 2.45) is 0 Å². The van der Waals surface area contributed by atoms with Crippen molar-refractivity contribution in [2.75, 3.05) is 11.5 Å². The zero-order valence-corrected chi connectivity index (χ0v) is 20.2. The second kappa shape index (κ2) is 9.47. The van der Waals surface area contributed by atoms with Crippen LogP contribution >= 0.6 is 11.3 Å². The molecule has 0 spiro atoms. The SMILES string of the molecule is CCOC(=O)/C(C#N)=c1/nc(-c2ccccc2)/c(=C/N2c3ccccc3[Si]c3ccccc32)s1. The van der Waals surface area contributed by atoms with Gasteiger partial charge in [-0.25, -0.2) is 9.78 Å². The predicted molar refractivity (Wildman–Crippen MR) is 137 cm³/mol. The van der Waals surface area contributed by atoms with Crippen LogP contribution in [0.1, 0.15) is 6.92 Å². The van der Waals surface area contributed by atoms with Gasteiger partial charge in [0.2, 0.25) is 0 Å². The molecule has 4 aromatic rings. The molecule has 2 heterocycles. The summed E-state index contributed by atoms with van der Waals surface area (Å²) < 4.78 is 6.30. The van der Waals surface area contributed by atoms with E-state index in [9.17, 15) is 10.1 Å². The van der Waals surface area contributed by atoms with Gasteiger partial charge in [0.25, 0.3) is 0 Å². The van der Waals surface area contributed by atoms with Gasteiger partial charge in [0.05, 0.1) is 16.8 Å². The topological polar surface area (TPSA) is 66.2 Å². The van der Waals surface area contributed by atoms with Crippen molar-refractivity contribution in [3.63, 3.8) is 0 Å². The molecule has 1 aromatic heterocycles. The molecule has 0 amide bonds. The molecule has 0 atom stereocenters. The van der Waals surface area contributed by atoms with Gasteiger partial charge in [-0.1, -0.05) is 66.7 Å². The first kappa shape index (κ1) is 21.8. The molecule has 7 heteroatoms. The van der Waals surface area contributed by atoms with Gasteiger partial charge in [-0.15, -0.1) is 11.3 Å². The number of rotatable bonds is 4. The number of para-hydroxylation sites is 2. The summed E-state index contributed by atoms with van der Waals surface area (Å²) in [4.78, 5) is 19.3. The van der Waals surface area contributed by atoms with E-state index in [-0.39, 0.29) is 12.2 Å². The Morgan fingerprint density at radius 1 is 1.03 bits per heavy atom. The lowest BCUT2D eigenvalue weighted by atomic mass is 10.1. The highest BCUT2D eigenvalue weighted by Crippen LogP contribution is 2.26. The summed E-state index contributed by atoms with van der Waals surface area (Å²) in [7, 11) is 0.576. The molecule has 0 unspecified atom stereocenters. The van der Waals surface area contributed by atoms with E-state index in [0.717, 1.165) is 27.2 Å². The van der Waals surface area contributed by atoms with Gasteiger partial charge in [0.1, 0.15) is 20.3 Å². The third kappa shape index (κ3) is 4.05. The second-order valence-corrected chi connectivity index (χ2v) is 9.82. The first-order valence-corrected chi connectivity index (χ1v) is 12.6. The standard InChI is InChI=1S/C27H19N3O2SSi/c1-2-32-27(31)19(16-28)26-29-25(18-10-4-3-5-11-18)22(33-26)17-30-20-12-6-8-14-23(20)34-24-15-9-7-13-21(24)30/h3-15,17H,2H2,1H3/b22-17-,26-19-. The minimum atomic E-state index is -0.653. The zero-order chi connectivity index (χ0) is 23.5. The van der Waals surface area contributed by atoms with Crippen LogP contribution in [0.25, 0.3) is 23.0 Å². The quantitative estimate of drug-likeness (QED) is 0.334. The van der Waals surface area contributed by atoms with Gasteiger partial charge >= 0.3 is 5.97 Å². The van der Waals surface area contributed by atoms with Crippen molar-refractivity contribution < 1.29 is 9.53 Å². The number of aromatic nitrogens is 1. The van der Waals surface area contributed by atoms with E-state index in [1.54, 1.807) is 6.92 Å². The maximum absolute atomic E-state index is 12.4. The van der Waals surface area contributed by atoms with Crippen LogP contribution in [0.2, 0.25) is 0 Å². The molecule has 0 saturated carbocycles. The number of ether oxygens (including phenoxy) is 1. The van der Waals surface area contributed by atoms with Gasteiger partial charge in [-0.05, 0) is 29.4 Å². The number of thiazole rings is 1. The smallest absolute Gasteiger partial charge is 0.352 e. The van der Waals surface area contributed by atoms with Gasteiger partial charge in [-0.3, -0.25) is 0 Å². The molecular weight excluding hydrogens is 458 g/mol. The van der Waals surface area contributed by atoms with Crippen molar-refractivity contribution in [1.82, 2.24) is 4.98 Å². The molecule has 0 aliphatic carbocycles. The van der Waals surface area contributed by atoms with Crippen LogP contribution in [0, 0.1) is 11.3 Å². The molecule has 5 nitrogen and oxygen atoms in total. The highest BCUT2D eigenvalue weighted by atomic mass is 32.1. The fraction of sp³-hybridized carbons (Fsp3) is 0.0741. The number of nitrogens with zero attached hydrogens (tertiary/aromatic N) is 3. The number of benzene rings is 3. The third-order valence-corrected chi connectivity index (χ3v) is 7.74. The Labute approximate surface area is 203 Å². The molecule has 3 aromatic carbocycles. The van der Waals surface area contributed by atoms with E-state index < -0.39 is 5.97 Å². The van der Waals surface area contributed by atoms with Gasteiger partial charge in [-0.2, -0.15) is 5.26 Å². The highest BCUT2D eigenvalue weighted by Gasteiger charge is 2.22. The molecule has 164 valence electrons. The number of anilines is 2. The minimum Gasteiger partial charge on any atom is -0.462 e. The molecule has 0 saturated heterocycles. The third-order valence-electron chi connectivity index (χ3n) is 5.35. The van der Waals surface area contributed by atoms with E-state index >= 15 is 0 Å². The predicted octanol–water partition coefficient (Wildman–Crippen LogP) is 2.59. The summed E-state index contributed by atoms with van der Waals surface area (Å²) in [5.74, 6) is -0.653. The lowest BCUT2D eigenvalue weighted by Gasteiger charge is -2.30. The number of hydrogen-bond donors (Lipinski definition) is 0. The molecule has 0 bridgehead atoms. The molecule has 0 fully saturated rings. The largest absolute Gasteiger partial charge is 0.462 e. The van der Waals surface area contributed by atoms with Crippen LogP contribution < -0.4 is 24.5 Å². The molecule has 5 rings (SSSR count). The fourth-order valence-corrected chi connectivity index (χ4v) is 6.13. The van der Waals surface area contributed by atoms with Crippen molar-refractivity contribution >= 4 is 60.3 Å². The number of hydrogen-bond acceptors (Lipinski definition) is 6. The van der Waals surface area contributed by atoms with Crippen LogP contribution in [0.4, 0.5) is 11.4 Å². The lowest BCUT2D eigenvalue weighted by Crippen LogP contribution is -2.39. The fourth-order valence-electron chi connectivity index (χ4n) is 3.82. The second-order valence-electron chi connectivity index (χ2n) is 7.46. The van der Waals surface area contributed by atoms with Crippen LogP contribution in [-0.4, -0.2) is 27.1 Å². The number of carbonyl (C=O) groups excluding carboxylic acids is 1. The lowest BCUT2D eigenvalue weighted by molar-refractivity contribution is -0.136. The molecule has 34 heavy (non-hydrogen) atoms. The van der Waals surface area contributed by atoms with Crippen molar-refractivity contribution in [3.8, 4) is 17.3 Å². The minimum absolute atomic E-state index is 0.0791. The van der Waals surface area contributed by atoms with E-state index in [1.807, 2.05) is 48.5 Å². The first-order chi connectivity index (χ1) is 16.7. The van der Waals surface area contributed by atoms with Crippen LogP contribution in [0.5, 0.6) is 0 Å². The maximum Gasteiger partial charge on any atom is 0.352 e. The summed E-state index contributed by atoms with van der Waals surface area (Å²) in [5, 5.41) is 12.2. The van der Waals surface area contributed by atoms with Crippen molar-refractivity contribution in [1.29, 1.82) is 5.26 Å². The number of carbonyl (C=O) groups is 1. The first-order valence-electron chi connectivity index (χ1n) is 10.8. The molecule has 1 aliphatic rings. The summed E-state index contributed by atoms with van der Waals surface area (Å²) in [5.41, 5.74) is 3.79. The normalized spacial score (nSPS) is 13.5. The van der Waals surface area contributed by atoms with E-state index in [1.165, 1.54) is 21.7 Å². The zero-order valence-electron chi connectivity index (χ0n) is 18.4. The van der Waals surface area contributed by atoms with E-state index in [2.05, 4.69) is 47.5 Å². The van der Waals surface area contributed by atoms with E-state index in [4.69, 9.17) is 9.72 Å².